The Hall–Kier alpha value is -2.09. The summed E-state index contributed by atoms with van der Waals surface area (Å²) in [6.07, 6.45) is 0. The minimum absolute atomic E-state index is 0.741. The number of halogens is 2. The van der Waals surface area contributed by atoms with Crippen molar-refractivity contribution in [1.29, 1.82) is 0 Å². The first-order chi connectivity index (χ1) is 11.7. The van der Waals surface area contributed by atoms with Crippen molar-refractivity contribution in [1.82, 2.24) is 0 Å². The first kappa shape index (κ1) is 14.3. The van der Waals surface area contributed by atoms with E-state index in [0.29, 0.717) is 0 Å². The van der Waals surface area contributed by atoms with E-state index in [1.54, 1.807) is 0 Å². The molecule has 0 saturated heterocycles. The normalized spacial score (nSPS) is 11.8. The third-order valence-electron chi connectivity index (χ3n) is 4.70. The molecular formula is C22H12BrCl. The molecule has 0 aromatic heterocycles. The van der Waals surface area contributed by atoms with E-state index >= 15 is 0 Å². The molecule has 24 heavy (non-hydrogen) atoms. The van der Waals surface area contributed by atoms with Crippen molar-refractivity contribution in [3.63, 3.8) is 0 Å². The summed E-state index contributed by atoms with van der Waals surface area (Å²) in [6, 6.07) is 25.8. The van der Waals surface area contributed by atoms with Crippen LogP contribution in [0, 0.1) is 0 Å². The van der Waals surface area contributed by atoms with Gasteiger partial charge in [0, 0.05) is 9.50 Å². The zero-order chi connectivity index (χ0) is 16.3. The molecule has 0 saturated carbocycles. The summed E-state index contributed by atoms with van der Waals surface area (Å²) in [5.74, 6) is 0. The lowest BCUT2D eigenvalue weighted by Gasteiger charge is -2.14. The average Bonchev–Trinajstić information content (AvgIpc) is 2.58. The Morgan fingerprint density at radius 2 is 1.33 bits per heavy atom. The minimum atomic E-state index is 0.741. The molecule has 5 aromatic rings. The summed E-state index contributed by atoms with van der Waals surface area (Å²) in [5.41, 5.74) is 2.34. The molecule has 2 heteroatoms. The Morgan fingerprint density at radius 1 is 0.667 bits per heavy atom. The Labute approximate surface area is 153 Å². The highest BCUT2D eigenvalue weighted by molar-refractivity contribution is 9.10. The topological polar surface area (TPSA) is 0 Å². The zero-order valence-corrected chi connectivity index (χ0v) is 15.0. The van der Waals surface area contributed by atoms with Gasteiger partial charge in [-0.1, -0.05) is 82.1 Å². The van der Waals surface area contributed by atoms with Crippen molar-refractivity contribution in [3.8, 4) is 11.1 Å². The lowest BCUT2D eigenvalue weighted by Crippen LogP contribution is -1.87. The van der Waals surface area contributed by atoms with Crippen molar-refractivity contribution in [2.75, 3.05) is 0 Å². The predicted octanol–water partition coefficient (Wildman–Crippen LogP) is 7.67. The van der Waals surface area contributed by atoms with Crippen LogP contribution in [0.25, 0.3) is 43.4 Å². The van der Waals surface area contributed by atoms with Gasteiger partial charge in [-0.2, -0.15) is 0 Å². The van der Waals surface area contributed by atoms with E-state index in [2.05, 4.69) is 76.6 Å². The molecule has 5 aromatic carbocycles. The molecular weight excluding hydrogens is 380 g/mol. The molecule has 0 heterocycles. The van der Waals surface area contributed by atoms with E-state index in [1.807, 2.05) is 12.1 Å². The van der Waals surface area contributed by atoms with Gasteiger partial charge in [0.1, 0.15) is 0 Å². The lowest BCUT2D eigenvalue weighted by molar-refractivity contribution is 1.62. The van der Waals surface area contributed by atoms with Gasteiger partial charge in [-0.15, -0.1) is 0 Å². The third kappa shape index (κ3) is 2.05. The van der Waals surface area contributed by atoms with Crippen molar-refractivity contribution < 1.29 is 0 Å². The zero-order valence-electron chi connectivity index (χ0n) is 12.7. The second kappa shape index (κ2) is 5.20. The van der Waals surface area contributed by atoms with Crippen LogP contribution in [0.3, 0.4) is 0 Å². The molecule has 0 radical (unpaired) electrons. The molecule has 0 aliphatic carbocycles. The highest BCUT2D eigenvalue weighted by Gasteiger charge is 2.12. The van der Waals surface area contributed by atoms with Crippen LogP contribution >= 0.6 is 27.5 Å². The molecule has 0 amide bonds. The van der Waals surface area contributed by atoms with Gasteiger partial charge in [0.25, 0.3) is 0 Å². The molecule has 0 aliphatic heterocycles. The molecule has 114 valence electrons. The summed E-state index contributed by atoms with van der Waals surface area (Å²) in [5, 5.41) is 8.54. The number of benzene rings is 5. The molecule has 5 rings (SSSR count). The number of rotatable bonds is 1. The lowest BCUT2D eigenvalue weighted by atomic mass is 9.90. The van der Waals surface area contributed by atoms with E-state index in [1.165, 1.54) is 37.9 Å². The van der Waals surface area contributed by atoms with E-state index in [4.69, 9.17) is 11.6 Å². The second-order valence-electron chi connectivity index (χ2n) is 6.13. The molecule has 0 unspecified atom stereocenters. The van der Waals surface area contributed by atoms with Crippen LogP contribution in [0.15, 0.2) is 77.3 Å². The third-order valence-corrected chi connectivity index (χ3v) is 5.38. The minimum Gasteiger partial charge on any atom is -0.0843 e. The van der Waals surface area contributed by atoms with Crippen LogP contribution in [0.2, 0.25) is 5.02 Å². The van der Waals surface area contributed by atoms with Gasteiger partial charge in [0.2, 0.25) is 0 Å². The Bertz CT molecular complexity index is 1190. The smallest absolute Gasteiger partial charge is 0.0423 e. The summed E-state index contributed by atoms with van der Waals surface area (Å²) < 4.78 is 0.996. The predicted molar refractivity (Wildman–Crippen MR) is 108 cm³/mol. The Morgan fingerprint density at radius 3 is 2.08 bits per heavy atom. The van der Waals surface area contributed by atoms with E-state index in [-0.39, 0.29) is 0 Å². The van der Waals surface area contributed by atoms with Gasteiger partial charge in [-0.3, -0.25) is 0 Å². The number of hydrogen-bond acceptors (Lipinski definition) is 0. The molecule has 0 spiro atoms. The first-order valence-corrected chi connectivity index (χ1v) is 9.01. The van der Waals surface area contributed by atoms with Crippen molar-refractivity contribution in [3.05, 3.63) is 82.3 Å². The van der Waals surface area contributed by atoms with Gasteiger partial charge in [0.15, 0.2) is 0 Å². The quantitative estimate of drug-likeness (QED) is 0.257. The fourth-order valence-electron chi connectivity index (χ4n) is 3.70. The average molecular weight is 392 g/mol. The van der Waals surface area contributed by atoms with Crippen LogP contribution in [0.1, 0.15) is 0 Å². The fraction of sp³-hybridized carbons (Fsp3) is 0. The largest absolute Gasteiger partial charge is 0.0843 e. The van der Waals surface area contributed by atoms with Crippen LogP contribution in [-0.4, -0.2) is 0 Å². The van der Waals surface area contributed by atoms with Gasteiger partial charge >= 0.3 is 0 Å². The maximum atomic E-state index is 6.27. The summed E-state index contributed by atoms with van der Waals surface area (Å²) >= 11 is 9.83. The van der Waals surface area contributed by atoms with Gasteiger partial charge in [-0.05, 0) is 61.6 Å². The molecule has 0 bridgehead atoms. The molecule has 0 fully saturated rings. The Kier molecular flexibility index (Phi) is 3.09. The van der Waals surface area contributed by atoms with Crippen molar-refractivity contribution in [2.24, 2.45) is 0 Å². The van der Waals surface area contributed by atoms with Gasteiger partial charge in [0.05, 0.1) is 0 Å². The first-order valence-electron chi connectivity index (χ1n) is 7.84. The standard InChI is InChI=1S/C22H12BrCl/c23-17-10-16(11-18(24)12-17)19-8-6-15-5-4-13-2-1-3-14-7-9-20(19)22(15)21(13)14/h1-12H. The van der Waals surface area contributed by atoms with Crippen molar-refractivity contribution >= 4 is 59.8 Å². The highest BCUT2D eigenvalue weighted by Crippen LogP contribution is 2.40. The van der Waals surface area contributed by atoms with Crippen LogP contribution in [0.4, 0.5) is 0 Å². The van der Waals surface area contributed by atoms with Crippen LogP contribution in [0.5, 0.6) is 0 Å². The highest BCUT2D eigenvalue weighted by atomic mass is 79.9. The van der Waals surface area contributed by atoms with Crippen LogP contribution in [-0.2, 0) is 0 Å². The molecule has 0 N–H and O–H groups in total. The molecule has 0 nitrogen and oxygen atoms in total. The van der Waals surface area contributed by atoms with Crippen molar-refractivity contribution in [2.45, 2.75) is 0 Å². The summed E-state index contributed by atoms with van der Waals surface area (Å²) in [6.45, 7) is 0. The van der Waals surface area contributed by atoms with Crippen LogP contribution < -0.4 is 0 Å². The van der Waals surface area contributed by atoms with Gasteiger partial charge in [-0.25, -0.2) is 0 Å². The molecule has 0 aliphatic rings. The van der Waals surface area contributed by atoms with E-state index in [0.717, 1.165) is 15.1 Å². The van der Waals surface area contributed by atoms with E-state index < -0.39 is 0 Å². The summed E-state index contributed by atoms with van der Waals surface area (Å²) in [7, 11) is 0. The number of hydrogen-bond donors (Lipinski definition) is 0. The Balaban J connectivity index is 1.97. The van der Waals surface area contributed by atoms with Gasteiger partial charge < -0.3 is 0 Å². The second-order valence-corrected chi connectivity index (χ2v) is 7.48. The maximum absolute atomic E-state index is 6.27. The monoisotopic (exact) mass is 390 g/mol. The van der Waals surface area contributed by atoms with E-state index in [9.17, 15) is 0 Å². The summed E-state index contributed by atoms with van der Waals surface area (Å²) in [4.78, 5) is 0. The maximum Gasteiger partial charge on any atom is 0.0423 e. The fourth-order valence-corrected chi connectivity index (χ4v) is 4.56. The SMILES string of the molecule is Clc1cc(Br)cc(-c2ccc3ccc4cccc5ccc2c3c45)c1. The molecule has 0 atom stereocenters.